The highest BCUT2D eigenvalue weighted by Crippen LogP contribution is 2.35. The maximum absolute atomic E-state index is 11.9. The molecule has 1 unspecified atom stereocenters. The number of aromatic amines is 1. The van der Waals surface area contributed by atoms with Crippen LogP contribution in [-0.2, 0) is 0 Å². The number of aromatic carboxylic acids is 1. The number of ether oxygens (including phenoxy) is 1. The summed E-state index contributed by atoms with van der Waals surface area (Å²) >= 11 is 0. The second kappa shape index (κ2) is 4.97. The Labute approximate surface area is 115 Å². The lowest BCUT2D eigenvalue weighted by Gasteiger charge is -2.11. The number of carboxylic acids is 1. The quantitative estimate of drug-likeness (QED) is 0.741. The van der Waals surface area contributed by atoms with Gasteiger partial charge < -0.3 is 20.6 Å². The summed E-state index contributed by atoms with van der Waals surface area (Å²) in [6.07, 6.45) is 0. The average Bonchev–Trinajstić information content (AvgIpc) is 2.76. The molecule has 0 saturated heterocycles. The highest BCUT2D eigenvalue weighted by molar-refractivity contribution is 6.12. The lowest BCUT2D eigenvalue weighted by Crippen LogP contribution is -2.11. The number of H-pyrrole nitrogens is 1. The predicted octanol–water partition coefficient (Wildman–Crippen LogP) is 2.10. The molecule has 0 saturated carbocycles. The van der Waals surface area contributed by atoms with Gasteiger partial charge in [0.1, 0.15) is 11.4 Å². The second-order valence-electron chi connectivity index (χ2n) is 4.63. The van der Waals surface area contributed by atoms with E-state index < -0.39 is 12.0 Å². The third-order valence-corrected chi connectivity index (χ3v) is 3.21. The van der Waals surface area contributed by atoms with E-state index in [-0.39, 0.29) is 11.5 Å². The second-order valence-corrected chi connectivity index (χ2v) is 4.63. The van der Waals surface area contributed by atoms with Crippen LogP contribution in [0.5, 0.6) is 5.75 Å². The Balaban J connectivity index is 2.98. The molecule has 20 heavy (non-hydrogen) atoms. The predicted molar refractivity (Wildman–Crippen MR) is 74.4 cm³/mol. The number of fused-ring (bicyclic) bond motifs is 1. The monoisotopic (exact) mass is 276 g/mol. The van der Waals surface area contributed by atoms with Gasteiger partial charge in [0.15, 0.2) is 5.78 Å². The summed E-state index contributed by atoms with van der Waals surface area (Å²) in [6.45, 7) is 3.09. The van der Waals surface area contributed by atoms with Gasteiger partial charge in [0.25, 0.3) is 0 Å². The maximum atomic E-state index is 11.9. The first-order valence-corrected chi connectivity index (χ1v) is 6.10. The van der Waals surface area contributed by atoms with E-state index in [0.29, 0.717) is 27.8 Å². The highest BCUT2D eigenvalue weighted by Gasteiger charge is 2.25. The SMILES string of the molecule is COc1ccc2[nH]c(C(=O)O)c(C(C)N)c2c1C(C)=O. The molecule has 1 aromatic heterocycles. The van der Waals surface area contributed by atoms with Gasteiger partial charge in [-0.2, -0.15) is 0 Å². The fourth-order valence-corrected chi connectivity index (χ4v) is 2.44. The lowest BCUT2D eigenvalue weighted by molar-refractivity contribution is 0.0689. The van der Waals surface area contributed by atoms with Crippen LogP contribution in [0.25, 0.3) is 10.9 Å². The van der Waals surface area contributed by atoms with Gasteiger partial charge in [0, 0.05) is 22.5 Å². The average molecular weight is 276 g/mol. The van der Waals surface area contributed by atoms with E-state index in [1.54, 1.807) is 19.1 Å². The molecule has 6 nitrogen and oxygen atoms in total. The number of aromatic nitrogens is 1. The Bertz CT molecular complexity index is 701. The van der Waals surface area contributed by atoms with Crippen LogP contribution >= 0.6 is 0 Å². The molecule has 106 valence electrons. The molecule has 6 heteroatoms. The normalized spacial score (nSPS) is 12.4. The number of carbonyl (C=O) groups is 2. The van der Waals surface area contributed by atoms with Gasteiger partial charge in [-0.05, 0) is 26.0 Å². The number of rotatable bonds is 4. The van der Waals surface area contributed by atoms with Gasteiger partial charge >= 0.3 is 5.97 Å². The van der Waals surface area contributed by atoms with Crippen molar-refractivity contribution in [1.29, 1.82) is 0 Å². The Morgan fingerprint density at radius 3 is 2.50 bits per heavy atom. The summed E-state index contributed by atoms with van der Waals surface area (Å²) in [5.41, 5.74) is 7.21. The number of nitrogens with one attached hydrogen (secondary N) is 1. The van der Waals surface area contributed by atoms with Gasteiger partial charge in [-0.15, -0.1) is 0 Å². The molecular weight excluding hydrogens is 260 g/mol. The Kier molecular flexibility index (Phi) is 3.50. The van der Waals surface area contributed by atoms with Crippen LogP contribution in [0, 0.1) is 0 Å². The smallest absolute Gasteiger partial charge is 0.352 e. The van der Waals surface area contributed by atoms with Crippen molar-refractivity contribution in [2.45, 2.75) is 19.9 Å². The van der Waals surface area contributed by atoms with Gasteiger partial charge in [-0.3, -0.25) is 4.79 Å². The lowest BCUT2D eigenvalue weighted by atomic mass is 9.97. The van der Waals surface area contributed by atoms with Gasteiger partial charge in [-0.25, -0.2) is 4.79 Å². The standard InChI is InChI=1S/C14H16N2O4/c1-6(15)10-12-8(16-13(10)14(18)19)4-5-9(20-3)11(12)7(2)17/h4-6,16H,15H2,1-3H3,(H,18,19). The van der Waals surface area contributed by atoms with Crippen molar-refractivity contribution in [3.8, 4) is 5.75 Å². The fraction of sp³-hybridized carbons (Fsp3) is 0.286. The number of Topliss-reactive ketones (excluding diaryl/α,β-unsaturated/α-hetero) is 1. The molecule has 0 aliphatic rings. The number of benzene rings is 1. The number of ketones is 1. The largest absolute Gasteiger partial charge is 0.496 e. The third kappa shape index (κ3) is 2.04. The first kappa shape index (κ1) is 14.1. The van der Waals surface area contributed by atoms with Crippen LogP contribution in [0.4, 0.5) is 0 Å². The zero-order valence-electron chi connectivity index (χ0n) is 11.5. The molecule has 0 radical (unpaired) electrons. The number of methoxy groups -OCH3 is 1. The molecule has 0 bridgehead atoms. The minimum atomic E-state index is -1.11. The highest BCUT2D eigenvalue weighted by atomic mass is 16.5. The summed E-state index contributed by atoms with van der Waals surface area (Å²) < 4.78 is 5.20. The first-order chi connectivity index (χ1) is 9.38. The molecule has 1 aromatic carbocycles. The van der Waals surface area contributed by atoms with Crippen molar-refractivity contribution >= 4 is 22.7 Å². The van der Waals surface area contributed by atoms with Crippen LogP contribution < -0.4 is 10.5 Å². The van der Waals surface area contributed by atoms with Crippen molar-refractivity contribution in [3.05, 3.63) is 29.0 Å². The topological polar surface area (TPSA) is 105 Å². The molecule has 0 aliphatic heterocycles. The summed E-state index contributed by atoms with van der Waals surface area (Å²) in [6, 6.07) is 2.78. The van der Waals surface area contributed by atoms with Gasteiger partial charge in [-0.1, -0.05) is 0 Å². The molecule has 2 aromatic rings. The van der Waals surface area contributed by atoms with Gasteiger partial charge in [0.2, 0.25) is 0 Å². The van der Waals surface area contributed by atoms with E-state index in [0.717, 1.165) is 0 Å². The Morgan fingerprint density at radius 2 is 2.05 bits per heavy atom. The van der Waals surface area contributed by atoms with E-state index in [1.165, 1.54) is 14.0 Å². The molecule has 0 fully saturated rings. The van der Waals surface area contributed by atoms with Crippen LogP contribution in [0.2, 0.25) is 0 Å². The summed E-state index contributed by atoms with van der Waals surface area (Å²) in [7, 11) is 1.46. The van der Waals surface area contributed by atoms with Crippen LogP contribution in [0.15, 0.2) is 12.1 Å². The maximum Gasteiger partial charge on any atom is 0.352 e. The van der Waals surface area contributed by atoms with Crippen molar-refractivity contribution in [2.75, 3.05) is 7.11 Å². The molecule has 4 N–H and O–H groups in total. The molecular formula is C14H16N2O4. The van der Waals surface area contributed by atoms with E-state index >= 15 is 0 Å². The van der Waals surface area contributed by atoms with Crippen molar-refractivity contribution in [3.63, 3.8) is 0 Å². The number of carbonyl (C=O) groups excluding carboxylic acids is 1. The zero-order valence-corrected chi connectivity index (χ0v) is 11.5. The summed E-state index contributed by atoms with van der Waals surface area (Å²) in [4.78, 5) is 26.0. The Morgan fingerprint density at radius 1 is 1.40 bits per heavy atom. The fourth-order valence-electron chi connectivity index (χ4n) is 2.44. The minimum Gasteiger partial charge on any atom is -0.496 e. The van der Waals surface area contributed by atoms with Crippen LogP contribution in [-0.4, -0.2) is 29.0 Å². The van der Waals surface area contributed by atoms with E-state index in [4.69, 9.17) is 10.5 Å². The van der Waals surface area contributed by atoms with Gasteiger partial charge in [0.05, 0.1) is 12.7 Å². The van der Waals surface area contributed by atoms with Crippen molar-refractivity contribution < 1.29 is 19.4 Å². The third-order valence-electron chi connectivity index (χ3n) is 3.21. The molecule has 1 heterocycles. The van der Waals surface area contributed by atoms with E-state index in [9.17, 15) is 14.7 Å². The molecule has 0 spiro atoms. The van der Waals surface area contributed by atoms with Crippen molar-refractivity contribution in [1.82, 2.24) is 4.98 Å². The molecule has 0 amide bonds. The van der Waals surface area contributed by atoms with Crippen molar-refractivity contribution in [2.24, 2.45) is 5.73 Å². The summed E-state index contributed by atoms with van der Waals surface area (Å²) in [5, 5.41) is 9.79. The minimum absolute atomic E-state index is 0.00533. The van der Waals surface area contributed by atoms with Crippen LogP contribution in [0.3, 0.4) is 0 Å². The Hall–Kier alpha value is -2.34. The number of carboxylic acid groups (broad SMARTS) is 1. The van der Waals surface area contributed by atoms with E-state index in [2.05, 4.69) is 4.98 Å². The molecule has 0 aliphatic carbocycles. The zero-order chi connectivity index (χ0) is 15.0. The van der Waals surface area contributed by atoms with Crippen LogP contribution in [0.1, 0.15) is 46.3 Å². The molecule has 2 rings (SSSR count). The number of hydrogen-bond acceptors (Lipinski definition) is 4. The number of nitrogens with two attached hydrogens (primary N) is 1. The van der Waals surface area contributed by atoms with E-state index in [1.807, 2.05) is 0 Å². The first-order valence-electron chi connectivity index (χ1n) is 6.10. The molecule has 1 atom stereocenters. The summed E-state index contributed by atoms with van der Waals surface area (Å²) in [5.74, 6) is -0.907. The number of hydrogen-bond donors (Lipinski definition) is 3.